The molecule has 2 aromatic carbocycles. The second kappa shape index (κ2) is 7.93. The molecule has 4 aromatic rings. The number of aromatic nitrogens is 3. The van der Waals surface area contributed by atoms with Crippen molar-refractivity contribution in [2.24, 2.45) is 0 Å². The molecule has 32 heavy (non-hydrogen) atoms. The molecule has 7 heteroatoms. The van der Waals surface area contributed by atoms with Gasteiger partial charge in [-0.25, -0.2) is 5.06 Å². The summed E-state index contributed by atoms with van der Waals surface area (Å²) in [5.41, 5.74) is 5.80. The molecule has 0 saturated carbocycles. The van der Waals surface area contributed by atoms with Crippen LogP contribution in [0, 0.1) is 0 Å². The Morgan fingerprint density at radius 2 is 1.97 bits per heavy atom. The van der Waals surface area contributed by atoms with Gasteiger partial charge in [-0.05, 0) is 48.4 Å². The molecule has 2 aliphatic heterocycles. The van der Waals surface area contributed by atoms with Crippen LogP contribution >= 0.6 is 0 Å². The number of nitrogens with one attached hydrogen (secondary N) is 2. The summed E-state index contributed by atoms with van der Waals surface area (Å²) in [6.45, 7) is 2.74. The number of nitrogens with zero attached hydrogens (tertiary/aromatic N) is 4. The molecule has 0 radical (unpaired) electrons. The van der Waals surface area contributed by atoms with E-state index < -0.39 is 0 Å². The highest BCUT2D eigenvalue weighted by Crippen LogP contribution is 2.37. The summed E-state index contributed by atoms with van der Waals surface area (Å²) in [4.78, 5) is 21.3. The molecular formula is C25H26N6O. The maximum absolute atomic E-state index is 6.07. The number of hydrogen-bond acceptors (Lipinski definition) is 6. The van der Waals surface area contributed by atoms with Crippen molar-refractivity contribution in [1.82, 2.24) is 19.9 Å². The van der Waals surface area contributed by atoms with Crippen LogP contribution in [-0.4, -0.2) is 40.1 Å². The summed E-state index contributed by atoms with van der Waals surface area (Å²) in [7, 11) is 2.17. The smallest absolute Gasteiger partial charge is 0.231 e. The van der Waals surface area contributed by atoms with E-state index >= 15 is 0 Å². The zero-order valence-corrected chi connectivity index (χ0v) is 18.1. The van der Waals surface area contributed by atoms with Gasteiger partial charge in [0.15, 0.2) is 5.82 Å². The first-order valence-electron chi connectivity index (χ1n) is 11.1. The largest absolute Gasteiger partial charge is 0.346 e. The highest BCUT2D eigenvalue weighted by atomic mass is 16.7. The second-order valence-corrected chi connectivity index (χ2v) is 8.58. The fraction of sp³-hybridized carbons (Fsp3) is 0.280. The molecule has 0 aliphatic carbocycles. The summed E-state index contributed by atoms with van der Waals surface area (Å²) < 4.78 is 0. The van der Waals surface area contributed by atoms with E-state index in [0.717, 1.165) is 48.5 Å². The molecule has 1 fully saturated rings. The summed E-state index contributed by atoms with van der Waals surface area (Å²) in [5.74, 6) is 1.34. The van der Waals surface area contributed by atoms with Crippen molar-refractivity contribution in [2.45, 2.75) is 25.4 Å². The topological polar surface area (TPSA) is 69.3 Å². The minimum Gasteiger partial charge on any atom is -0.346 e. The monoisotopic (exact) mass is 426 g/mol. The van der Waals surface area contributed by atoms with Gasteiger partial charge in [-0.1, -0.05) is 36.4 Å². The first-order chi connectivity index (χ1) is 15.7. The minimum atomic E-state index is 0.123. The number of H-pyrrole nitrogens is 1. The third-order valence-electron chi connectivity index (χ3n) is 6.36. The van der Waals surface area contributed by atoms with E-state index in [-0.39, 0.29) is 6.04 Å². The molecule has 1 atom stereocenters. The maximum Gasteiger partial charge on any atom is 0.231 e. The van der Waals surface area contributed by atoms with Gasteiger partial charge in [0.05, 0.1) is 18.0 Å². The van der Waals surface area contributed by atoms with Gasteiger partial charge in [-0.2, -0.15) is 9.97 Å². The number of rotatable bonds is 4. The van der Waals surface area contributed by atoms with Crippen LogP contribution in [0.15, 0.2) is 60.8 Å². The van der Waals surface area contributed by atoms with Crippen LogP contribution in [0.3, 0.4) is 0 Å². The molecule has 4 heterocycles. The van der Waals surface area contributed by atoms with Crippen LogP contribution in [0.2, 0.25) is 0 Å². The van der Waals surface area contributed by atoms with E-state index in [1.165, 1.54) is 16.7 Å². The van der Waals surface area contributed by atoms with Crippen molar-refractivity contribution in [3.63, 3.8) is 0 Å². The number of fused-ring (bicyclic) bond motifs is 2. The molecule has 2 aliphatic rings. The van der Waals surface area contributed by atoms with Crippen molar-refractivity contribution in [2.75, 3.05) is 30.6 Å². The van der Waals surface area contributed by atoms with E-state index in [1.54, 1.807) is 0 Å². The minimum absolute atomic E-state index is 0.123. The normalized spacial score (nSPS) is 18.8. The Balaban J connectivity index is 1.35. The molecule has 162 valence electrons. The van der Waals surface area contributed by atoms with Crippen molar-refractivity contribution in [3.8, 4) is 0 Å². The van der Waals surface area contributed by atoms with Crippen molar-refractivity contribution >= 4 is 28.5 Å². The van der Waals surface area contributed by atoms with Gasteiger partial charge in [0.1, 0.15) is 5.65 Å². The van der Waals surface area contributed by atoms with Crippen molar-refractivity contribution in [3.05, 3.63) is 77.5 Å². The fourth-order valence-electron chi connectivity index (χ4n) is 4.71. The molecule has 2 aromatic heterocycles. The molecular weight excluding hydrogens is 400 g/mol. The quantitative estimate of drug-likeness (QED) is 0.498. The van der Waals surface area contributed by atoms with E-state index in [4.69, 9.17) is 14.8 Å². The lowest BCUT2D eigenvalue weighted by atomic mass is 9.99. The Morgan fingerprint density at radius 3 is 2.88 bits per heavy atom. The summed E-state index contributed by atoms with van der Waals surface area (Å²) in [6, 6.07) is 19.1. The van der Waals surface area contributed by atoms with Crippen LogP contribution < -0.4 is 10.4 Å². The van der Waals surface area contributed by atoms with Gasteiger partial charge >= 0.3 is 0 Å². The van der Waals surface area contributed by atoms with E-state index in [2.05, 4.69) is 64.7 Å². The van der Waals surface area contributed by atoms with Gasteiger partial charge in [0.2, 0.25) is 5.95 Å². The summed E-state index contributed by atoms with van der Waals surface area (Å²) >= 11 is 0. The predicted octanol–water partition coefficient (Wildman–Crippen LogP) is 4.57. The lowest BCUT2D eigenvalue weighted by Crippen LogP contribution is -2.26. The van der Waals surface area contributed by atoms with Gasteiger partial charge < -0.3 is 15.2 Å². The van der Waals surface area contributed by atoms with Crippen LogP contribution in [0.25, 0.3) is 11.0 Å². The summed E-state index contributed by atoms with van der Waals surface area (Å²) in [5, 5.41) is 6.32. The molecule has 7 nitrogen and oxygen atoms in total. The Kier molecular flexibility index (Phi) is 4.78. The van der Waals surface area contributed by atoms with E-state index in [0.29, 0.717) is 12.6 Å². The zero-order chi connectivity index (χ0) is 21.5. The third kappa shape index (κ3) is 3.49. The molecule has 6 rings (SSSR count). The van der Waals surface area contributed by atoms with Gasteiger partial charge in [-0.15, -0.1) is 0 Å². The molecule has 0 amide bonds. The standard InChI is InChI=1S/C25H26N6O/c1-30-13-10-18-15-20(8-7-19(18)16-30)27-25-28-23-21(9-12-26-23)24(29-25)31-22(11-14-32-31)17-5-3-2-4-6-17/h2-9,12,15,22H,10-11,13-14,16H2,1H3,(H2,26,27,28,29)/t22-/m0/s1. The van der Waals surface area contributed by atoms with Crippen LogP contribution in [0.4, 0.5) is 17.5 Å². The number of likely N-dealkylation sites (N-methyl/N-ethyl adjacent to an activating group) is 1. The fourth-order valence-corrected chi connectivity index (χ4v) is 4.71. The van der Waals surface area contributed by atoms with Crippen LogP contribution in [-0.2, 0) is 17.8 Å². The zero-order valence-electron chi connectivity index (χ0n) is 18.1. The van der Waals surface area contributed by atoms with E-state index in [9.17, 15) is 0 Å². The number of anilines is 3. The van der Waals surface area contributed by atoms with Crippen LogP contribution in [0.5, 0.6) is 0 Å². The lowest BCUT2D eigenvalue weighted by Gasteiger charge is -2.26. The van der Waals surface area contributed by atoms with Gasteiger partial charge in [0.25, 0.3) is 0 Å². The first-order valence-corrected chi connectivity index (χ1v) is 11.1. The number of aromatic amines is 1. The second-order valence-electron chi connectivity index (χ2n) is 8.58. The first kappa shape index (κ1) is 19.3. The molecule has 0 unspecified atom stereocenters. The number of hydroxylamine groups is 1. The molecule has 0 spiro atoms. The molecule has 0 bridgehead atoms. The Hall–Kier alpha value is -3.42. The molecule has 1 saturated heterocycles. The third-order valence-corrected chi connectivity index (χ3v) is 6.36. The predicted molar refractivity (Wildman–Crippen MR) is 126 cm³/mol. The number of hydrogen-bond donors (Lipinski definition) is 2. The Bertz CT molecular complexity index is 1250. The van der Waals surface area contributed by atoms with Gasteiger partial charge in [0, 0.05) is 31.4 Å². The average molecular weight is 427 g/mol. The van der Waals surface area contributed by atoms with E-state index in [1.807, 2.05) is 23.4 Å². The van der Waals surface area contributed by atoms with Crippen molar-refractivity contribution < 1.29 is 4.84 Å². The highest BCUT2D eigenvalue weighted by molar-refractivity contribution is 5.88. The van der Waals surface area contributed by atoms with Crippen LogP contribution in [0.1, 0.15) is 29.2 Å². The Labute approximate surface area is 187 Å². The van der Waals surface area contributed by atoms with Gasteiger partial charge in [-0.3, -0.25) is 4.84 Å². The average Bonchev–Trinajstić information content (AvgIpc) is 3.49. The SMILES string of the molecule is CN1CCc2cc(Nc3nc(N4OCC[C@H]4c4ccccc4)c4cc[nH]c4n3)ccc2C1. The lowest BCUT2D eigenvalue weighted by molar-refractivity contribution is 0.157. The number of benzene rings is 2. The van der Waals surface area contributed by atoms with Crippen molar-refractivity contribution in [1.29, 1.82) is 0 Å². The molecule has 2 N–H and O–H groups in total. The summed E-state index contributed by atoms with van der Waals surface area (Å²) in [6.07, 6.45) is 3.88. The maximum atomic E-state index is 6.07. The Morgan fingerprint density at radius 1 is 1.06 bits per heavy atom. The highest BCUT2D eigenvalue weighted by Gasteiger charge is 2.31.